The third kappa shape index (κ3) is 3.91. The lowest BCUT2D eigenvalue weighted by Crippen LogP contribution is -2.45. The quantitative estimate of drug-likeness (QED) is 0.801. The maximum absolute atomic E-state index is 6.06. The van der Waals surface area contributed by atoms with E-state index in [1.54, 1.807) is 0 Å². The molecule has 2 saturated heterocycles. The fraction of sp³-hybridized carbons (Fsp3) is 0.556. The van der Waals surface area contributed by atoms with Gasteiger partial charge in [-0.05, 0) is 56.1 Å². The Hall–Kier alpha value is -1.37. The molecular formula is C18H23ClN4OS. The number of halogens is 1. The molecule has 4 rings (SSSR count). The number of rotatable bonds is 3. The van der Waals surface area contributed by atoms with Gasteiger partial charge in [-0.3, -0.25) is 0 Å². The van der Waals surface area contributed by atoms with Gasteiger partial charge in [0.15, 0.2) is 5.11 Å². The van der Waals surface area contributed by atoms with Crippen molar-refractivity contribution in [2.75, 3.05) is 26.2 Å². The number of nitrogens with zero attached hydrogens (tertiary/aromatic N) is 2. The number of hydrogen-bond acceptors (Lipinski definition) is 3. The molecule has 0 saturated carbocycles. The van der Waals surface area contributed by atoms with Gasteiger partial charge in [-0.1, -0.05) is 11.6 Å². The van der Waals surface area contributed by atoms with Gasteiger partial charge in [-0.15, -0.1) is 0 Å². The van der Waals surface area contributed by atoms with Crippen LogP contribution in [-0.2, 0) is 4.74 Å². The van der Waals surface area contributed by atoms with Gasteiger partial charge in [-0.25, -0.2) is 4.98 Å². The molecule has 134 valence electrons. The zero-order chi connectivity index (χ0) is 17.2. The topological polar surface area (TPSA) is 53.2 Å². The van der Waals surface area contributed by atoms with E-state index in [-0.39, 0.29) is 0 Å². The molecule has 0 radical (unpaired) electrons. The van der Waals surface area contributed by atoms with Crippen LogP contribution in [0.4, 0.5) is 0 Å². The van der Waals surface area contributed by atoms with E-state index in [4.69, 9.17) is 33.5 Å². The number of aromatic nitrogens is 2. The summed E-state index contributed by atoms with van der Waals surface area (Å²) in [5.41, 5.74) is 1.99. The van der Waals surface area contributed by atoms with Crippen molar-refractivity contribution in [1.82, 2.24) is 20.2 Å². The van der Waals surface area contributed by atoms with Crippen molar-refractivity contribution < 1.29 is 4.74 Å². The molecule has 25 heavy (non-hydrogen) atoms. The summed E-state index contributed by atoms with van der Waals surface area (Å²) in [7, 11) is 0. The van der Waals surface area contributed by atoms with Crippen LogP contribution in [0.25, 0.3) is 11.0 Å². The van der Waals surface area contributed by atoms with Gasteiger partial charge in [-0.2, -0.15) is 0 Å². The number of likely N-dealkylation sites (tertiary alicyclic amines) is 1. The lowest BCUT2D eigenvalue weighted by molar-refractivity contribution is 0.113. The molecule has 2 aliphatic rings. The molecule has 0 unspecified atom stereocenters. The molecule has 2 N–H and O–H groups in total. The molecule has 5 nitrogen and oxygen atoms in total. The van der Waals surface area contributed by atoms with Crippen molar-refractivity contribution in [3.8, 4) is 0 Å². The SMILES string of the molecule is S=C(NC[C@@H]1CCCO1)N1CCC(c2nc3ccc(Cl)cc3[nH]2)CC1. The molecule has 2 aromatic rings. The third-order valence-electron chi connectivity index (χ3n) is 5.14. The van der Waals surface area contributed by atoms with E-state index in [1.807, 2.05) is 18.2 Å². The Balaban J connectivity index is 1.31. The van der Waals surface area contributed by atoms with Crippen LogP contribution in [-0.4, -0.2) is 52.3 Å². The van der Waals surface area contributed by atoms with E-state index >= 15 is 0 Å². The van der Waals surface area contributed by atoms with Crippen LogP contribution < -0.4 is 5.32 Å². The van der Waals surface area contributed by atoms with E-state index in [9.17, 15) is 0 Å². The number of ether oxygens (including phenoxy) is 1. The molecule has 0 spiro atoms. The van der Waals surface area contributed by atoms with Crippen LogP contribution >= 0.6 is 23.8 Å². The molecule has 0 bridgehead atoms. The van der Waals surface area contributed by atoms with Crippen LogP contribution in [0.3, 0.4) is 0 Å². The molecule has 2 aliphatic heterocycles. The number of H-pyrrole nitrogens is 1. The highest BCUT2D eigenvalue weighted by Crippen LogP contribution is 2.28. The third-order valence-corrected chi connectivity index (χ3v) is 5.77. The lowest BCUT2D eigenvalue weighted by Gasteiger charge is -2.33. The highest BCUT2D eigenvalue weighted by molar-refractivity contribution is 7.80. The molecule has 2 fully saturated rings. The fourth-order valence-corrected chi connectivity index (χ4v) is 4.11. The van der Waals surface area contributed by atoms with E-state index in [0.717, 1.165) is 78.9 Å². The second kappa shape index (κ2) is 7.48. The summed E-state index contributed by atoms with van der Waals surface area (Å²) < 4.78 is 5.64. The van der Waals surface area contributed by atoms with Gasteiger partial charge >= 0.3 is 0 Å². The summed E-state index contributed by atoms with van der Waals surface area (Å²) in [6.45, 7) is 3.62. The number of piperidine rings is 1. The first-order chi connectivity index (χ1) is 12.2. The van der Waals surface area contributed by atoms with Crippen LogP contribution in [0.1, 0.15) is 37.4 Å². The second-order valence-electron chi connectivity index (χ2n) is 6.87. The second-order valence-corrected chi connectivity index (χ2v) is 7.69. The Kier molecular flexibility index (Phi) is 5.10. The summed E-state index contributed by atoms with van der Waals surface area (Å²) in [5, 5.41) is 4.96. The summed E-state index contributed by atoms with van der Waals surface area (Å²) in [6.07, 6.45) is 4.71. The average molecular weight is 379 g/mol. The van der Waals surface area contributed by atoms with Crippen LogP contribution in [0.2, 0.25) is 5.02 Å². The average Bonchev–Trinajstić information content (AvgIpc) is 3.29. The number of thiocarbonyl (C=S) groups is 1. The first-order valence-corrected chi connectivity index (χ1v) is 9.77. The molecule has 1 aromatic heterocycles. The minimum Gasteiger partial charge on any atom is -0.376 e. The summed E-state index contributed by atoms with van der Waals surface area (Å²) in [5.74, 6) is 1.51. The monoisotopic (exact) mass is 378 g/mol. The summed E-state index contributed by atoms with van der Waals surface area (Å²) >= 11 is 11.6. The van der Waals surface area contributed by atoms with E-state index in [0.29, 0.717) is 12.0 Å². The zero-order valence-electron chi connectivity index (χ0n) is 14.1. The molecular weight excluding hydrogens is 356 g/mol. The van der Waals surface area contributed by atoms with Crippen molar-refractivity contribution in [3.05, 3.63) is 29.0 Å². The Morgan fingerprint density at radius 1 is 1.36 bits per heavy atom. The first kappa shape index (κ1) is 17.1. The molecule has 1 atom stereocenters. The van der Waals surface area contributed by atoms with Crippen LogP contribution in [0.15, 0.2) is 18.2 Å². The first-order valence-electron chi connectivity index (χ1n) is 8.98. The predicted octanol–water partition coefficient (Wildman–Crippen LogP) is 3.45. The number of hydrogen-bond donors (Lipinski definition) is 2. The largest absolute Gasteiger partial charge is 0.376 e. The smallest absolute Gasteiger partial charge is 0.169 e. The van der Waals surface area contributed by atoms with Gasteiger partial charge in [0.25, 0.3) is 0 Å². The highest BCUT2D eigenvalue weighted by Gasteiger charge is 2.25. The van der Waals surface area contributed by atoms with Crippen molar-refractivity contribution >= 4 is 40.0 Å². The number of fused-ring (bicyclic) bond motifs is 1. The number of nitrogens with one attached hydrogen (secondary N) is 2. The number of imidazole rings is 1. The van der Waals surface area contributed by atoms with E-state index in [2.05, 4.69) is 15.2 Å². The van der Waals surface area contributed by atoms with Gasteiger partial charge in [0.1, 0.15) is 5.82 Å². The van der Waals surface area contributed by atoms with Gasteiger partial charge in [0.2, 0.25) is 0 Å². The molecule has 0 aliphatic carbocycles. The lowest BCUT2D eigenvalue weighted by atomic mass is 9.96. The van der Waals surface area contributed by atoms with Gasteiger partial charge < -0.3 is 19.9 Å². The summed E-state index contributed by atoms with van der Waals surface area (Å²) in [6, 6.07) is 5.79. The fourth-order valence-electron chi connectivity index (χ4n) is 3.67. The molecule has 0 amide bonds. The minimum atomic E-state index is 0.317. The van der Waals surface area contributed by atoms with Crippen molar-refractivity contribution in [2.24, 2.45) is 0 Å². The Morgan fingerprint density at radius 3 is 2.96 bits per heavy atom. The normalized spacial score (nSPS) is 21.8. The van der Waals surface area contributed by atoms with Gasteiger partial charge in [0, 0.05) is 37.2 Å². The molecule has 7 heteroatoms. The number of aromatic amines is 1. The maximum Gasteiger partial charge on any atom is 0.169 e. The number of benzene rings is 1. The van der Waals surface area contributed by atoms with Crippen LogP contribution in [0, 0.1) is 0 Å². The van der Waals surface area contributed by atoms with E-state index < -0.39 is 0 Å². The predicted molar refractivity (Wildman–Crippen MR) is 104 cm³/mol. The molecule has 3 heterocycles. The molecule has 1 aromatic carbocycles. The minimum absolute atomic E-state index is 0.317. The highest BCUT2D eigenvalue weighted by atomic mass is 35.5. The Bertz CT molecular complexity index is 751. The van der Waals surface area contributed by atoms with E-state index in [1.165, 1.54) is 0 Å². The Labute approximate surface area is 158 Å². The van der Waals surface area contributed by atoms with Gasteiger partial charge in [0.05, 0.1) is 17.1 Å². The maximum atomic E-state index is 6.06. The standard InChI is InChI=1S/C18H23ClN4OS/c19-13-3-4-15-16(10-13)22-17(21-15)12-5-7-23(8-6-12)18(25)20-11-14-2-1-9-24-14/h3-4,10,12,14H,1-2,5-9,11H2,(H,20,25)(H,21,22)/t14-/m0/s1. The van der Waals surface area contributed by atoms with Crippen molar-refractivity contribution in [2.45, 2.75) is 37.7 Å². The van der Waals surface area contributed by atoms with Crippen molar-refractivity contribution in [1.29, 1.82) is 0 Å². The Morgan fingerprint density at radius 2 is 2.20 bits per heavy atom. The van der Waals surface area contributed by atoms with Crippen LogP contribution in [0.5, 0.6) is 0 Å². The summed E-state index contributed by atoms with van der Waals surface area (Å²) in [4.78, 5) is 10.4. The zero-order valence-corrected chi connectivity index (χ0v) is 15.7. The van der Waals surface area contributed by atoms with Crippen molar-refractivity contribution in [3.63, 3.8) is 0 Å².